The molecule has 0 heterocycles. The van der Waals surface area contributed by atoms with E-state index >= 15 is 0 Å². The summed E-state index contributed by atoms with van der Waals surface area (Å²) in [4.78, 5) is 26.5. The Balaban J connectivity index is 2.14. The van der Waals surface area contributed by atoms with E-state index in [1.807, 2.05) is 19.1 Å². The fraction of sp³-hybridized carbons (Fsp3) is 0.333. The van der Waals surface area contributed by atoms with E-state index in [0.717, 1.165) is 5.56 Å². The number of likely N-dealkylation sites (N-methyl/N-ethyl adjacent to an activating group) is 1. The van der Waals surface area contributed by atoms with Gasteiger partial charge in [-0.05, 0) is 43.7 Å². The van der Waals surface area contributed by atoms with Gasteiger partial charge in [0.2, 0.25) is 5.91 Å². The Bertz CT molecular complexity index is 795. The highest BCUT2D eigenvalue weighted by atomic mass is 19.1. The molecule has 6 nitrogen and oxygen atoms in total. The Morgan fingerprint density at radius 2 is 1.82 bits per heavy atom. The number of carbonyl (C=O) groups is 2. The van der Waals surface area contributed by atoms with Crippen LogP contribution in [-0.4, -0.2) is 43.0 Å². The number of methoxy groups -OCH3 is 1. The van der Waals surface area contributed by atoms with Crippen molar-refractivity contribution in [1.82, 2.24) is 10.2 Å². The van der Waals surface area contributed by atoms with Gasteiger partial charge in [0.25, 0.3) is 5.91 Å². The van der Waals surface area contributed by atoms with Gasteiger partial charge in [0.05, 0.1) is 7.11 Å². The summed E-state index contributed by atoms with van der Waals surface area (Å²) in [7, 11) is 1.57. The molecule has 0 spiro atoms. The quantitative estimate of drug-likeness (QED) is 0.717. The first-order chi connectivity index (χ1) is 13.5. The third-order valence-electron chi connectivity index (χ3n) is 4.22. The minimum Gasteiger partial charge on any atom is -0.497 e. The summed E-state index contributed by atoms with van der Waals surface area (Å²) < 4.78 is 24.2. The molecular formula is C21H25FN2O4. The van der Waals surface area contributed by atoms with E-state index in [2.05, 4.69) is 5.32 Å². The van der Waals surface area contributed by atoms with Gasteiger partial charge in [0.15, 0.2) is 18.2 Å². The summed E-state index contributed by atoms with van der Waals surface area (Å²) in [5.41, 5.74) is 0.830. The first kappa shape index (κ1) is 21.2. The maximum Gasteiger partial charge on any atom is 0.261 e. The van der Waals surface area contributed by atoms with Crippen LogP contribution in [0.15, 0.2) is 48.5 Å². The number of nitrogens with one attached hydrogen (secondary N) is 1. The lowest BCUT2D eigenvalue weighted by Crippen LogP contribution is -2.49. The smallest absolute Gasteiger partial charge is 0.261 e. The van der Waals surface area contributed by atoms with Crippen molar-refractivity contribution in [3.8, 4) is 11.5 Å². The second kappa shape index (κ2) is 10.3. The van der Waals surface area contributed by atoms with Crippen LogP contribution in [0.1, 0.15) is 19.4 Å². The van der Waals surface area contributed by atoms with Crippen LogP contribution < -0.4 is 14.8 Å². The fourth-order valence-electron chi connectivity index (χ4n) is 2.62. The molecule has 0 bridgehead atoms. The van der Waals surface area contributed by atoms with Crippen molar-refractivity contribution in [2.45, 2.75) is 26.4 Å². The molecule has 0 saturated carbocycles. The van der Waals surface area contributed by atoms with Crippen LogP contribution >= 0.6 is 0 Å². The van der Waals surface area contributed by atoms with Crippen molar-refractivity contribution in [2.75, 3.05) is 20.3 Å². The number of amides is 2. The highest BCUT2D eigenvalue weighted by Crippen LogP contribution is 2.17. The fourth-order valence-corrected chi connectivity index (χ4v) is 2.62. The van der Waals surface area contributed by atoms with E-state index in [1.54, 1.807) is 32.2 Å². The number of carbonyl (C=O) groups excluding carboxylic acids is 2. The number of para-hydroxylation sites is 1. The van der Waals surface area contributed by atoms with Crippen molar-refractivity contribution < 1.29 is 23.5 Å². The van der Waals surface area contributed by atoms with Gasteiger partial charge < -0.3 is 19.7 Å². The summed E-state index contributed by atoms with van der Waals surface area (Å²) in [6, 6.07) is 12.4. The molecule has 0 aromatic heterocycles. The molecule has 0 aliphatic heterocycles. The number of nitrogens with zero attached hydrogens (tertiary/aromatic N) is 1. The summed E-state index contributed by atoms with van der Waals surface area (Å²) in [5, 5.41) is 2.71. The second-order valence-corrected chi connectivity index (χ2v) is 6.16. The van der Waals surface area contributed by atoms with Crippen molar-refractivity contribution >= 4 is 11.8 Å². The monoisotopic (exact) mass is 388 g/mol. The van der Waals surface area contributed by atoms with Gasteiger partial charge in [0.1, 0.15) is 11.8 Å². The van der Waals surface area contributed by atoms with Crippen LogP contribution in [0, 0.1) is 5.82 Å². The van der Waals surface area contributed by atoms with Gasteiger partial charge in [-0.15, -0.1) is 0 Å². The molecule has 0 aliphatic carbocycles. The van der Waals surface area contributed by atoms with E-state index in [1.165, 1.54) is 23.1 Å². The molecule has 0 unspecified atom stereocenters. The number of benzene rings is 2. The molecule has 1 N–H and O–H groups in total. The van der Waals surface area contributed by atoms with Crippen molar-refractivity contribution in [3.63, 3.8) is 0 Å². The molecule has 0 aliphatic rings. The van der Waals surface area contributed by atoms with Gasteiger partial charge in [-0.3, -0.25) is 9.59 Å². The maximum absolute atomic E-state index is 13.7. The predicted molar refractivity (Wildman–Crippen MR) is 104 cm³/mol. The third-order valence-corrected chi connectivity index (χ3v) is 4.22. The highest BCUT2D eigenvalue weighted by molar-refractivity contribution is 5.87. The Morgan fingerprint density at radius 3 is 2.43 bits per heavy atom. The van der Waals surface area contributed by atoms with Crippen molar-refractivity contribution in [2.24, 2.45) is 0 Å². The summed E-state index contributed by atoms with van der Waals surface area (Å²) in [6.45, 7) is 3.75. The molecule has 28 heavy (non-hydrogen) atoms. The molecule has 2 rings (SSSR count). The molecular weight excluding hydrogens is 363 g/mol. The predicted octanol–water partition coefficient (Wildman–Crippen LogP) is 2.77. The van der Waals surface area contributed by atoms with E-state index in [4.69, 9.17) is 9.47 Å². The van der Waals surface area contributed by atoms with Crippen LogP contribution in [0.3, 0.4) is 0 Å². The molecule has 0 radical (unpaired) electrons. The summed E-state index contributed by atoms with van der Waals surface area (Å²) >= 11 is 0. The number of halogens is 1. The minimum absolute atomic E-state index is 0.00842. The van der Waals surface area contributed by atoms with E-state index in [9.17, 15) is 14.0 Å². The zero-order chi connectivity index (χ0) is 20.5. The molecule has 150 valence electrons. The molecule has 0 saturated heterocycles. The van der Waals surface area contributed by atoms with E-state index in [-0.39, 0.29) is 24.8 Å². The molecule has 2 aromatic carbocycles. The van der Waals surface area contributed by atoms with Crippen molar-refractivity contribution in [3.05, 3.63) is 59.9 Å². The topological polar surface area (TPSA) is 67.9 Å². The van der Waals surface area contributed by atoms with Gasteiger partial charge in [-0.25, -0.2) is 4.39 Å². The van der Waals surface area contributed by atoms with Gasteiger partial charge in [-0.1, -0.05) is 24.3 Å². The third kappa shape index (κ3) is 5.70. The Hall–Kier alpha value is -3.09. The number of hydrogen-bond acceptors (Lipinski definition) is 4. The molecule has 7 heteroatoms. The standard InChI is InChI=1S/C21H25FN2O4/c1-4-23-21(26)15(2)24(13-16-9-11-17(27-3)12-10-16)20(25)14-28-19-8-6-5-7-18(19)22/h5-12,15H,4,13-14H2,1-3H3,(H,23,26)/t15-/m1/s1. The molecule has 2 amide bonds. The van der Waals surface area contributed by atoms with Crippen LogP contribution in [0.4, 0.5) is 4.39 Å². The van der Waals surface area contributed by atoms with Crippen LogP contribution in [0.5, 0.6) is 11.5 Å². The summed E-state index contributed by atoms with van der Waals surface area (Å²) in [6.07, 6.45) is 0. The van der Waals surface area contributed by atoms with Crippen molar-refractivity contribution in [1.29, 1.82) is 0 Å². The molecule has 0 fully saturated rings. The Morgan fingerprint density at radius 1 is 1.14 bits per heavy atom. The zero-order valence-corrected chi connectivity index (χ0v) is 16.3. The Kier molecular flexibility index (Phi) is 7.80. The number of rotatable bonds is 9. The van der Waals surface area contributed by atoms with Gasteiger partial charge in [0, 0.05) is 13.1 Å². The zero-order valence-electron chi connectivity index (χ0n) is 16.3. The van der Waals surface area contributed by atoms with Gasteiger partial charge >= 0.3 is 0 Å². The van der Waals surface area contributed by atoms with E-state index in [0.29, 0.717) is 12.3 Å². The highest BCUT2D eigenvalue weighted by Gasteiger charge is 2.26. The average Bonchev–Trinajstić information content (AvgIpc) is 2.71. The van der Waals surface area contributed by atoms with E-state index < -0.39 is 17.8 Å². The largest absolute Gasteiger partial charge is 0.497 e. The SMILES string of the molecule is CCNC(=O)[C@@H](C)N(Cc1ccc(OC)cc1)C(=O)COc1ccccc1F. The average molecular weight is 388 g/mol. The number of hydrogen-bond donors (Lipinski definition) is 1. The van der Waals surface area contributed by atoms with Crippen LogP contribution in [0.25, 0.3) is 0 Å². The molecule has 1 atom stereocenters. The lowest BCUT2D eigenvalue weighted by Gasteiger charge is -2.28. The number of ether oxygens (including phenoxy) is 2. The normalized spacial score (nSPS) is 11.4. The van der Waals surface area contributed by atoms with Crippen LogP contribution in [-0.2, 0) is 16.1 Å². The van der Waals surface area contributed by atoms with Gasteiger partial charge in [-0.2, -0.15) is 0 Å². The first-order valence-corrected chi connectivity index (χ1v) is 9.03. The lowest BCUT2D eigenvalue weighted by molar-refractivity contribution is -0.142. The summed E-state index contributed by atoms with van der Waals surface area (Å²) in [5.74, 6) is -0.547. The van der Waals surface area contributed by atoms with Crippen LogP contribution in [0.2, 0.25) is 0 Å². The minimum atomic E-state index is -0.709. The second-order valence-electron chi connectivity index (χ2n) is 6.16. The Labute approximate surface area is 164 Å². The lowest BCUT2D eigenvalue weighted by atomic mass is 10.1. The first-order valence-electron chi connectivity index (χ1n) is 9.03. The maximum atomic E-state index is 13.7. The molecule has 2 aromatic rings.